The first kappa shape index (κ1) is 43.6. The molecule has 0 spiro atoms. The van der Waals surface area contributed by atoms with Gasteiger partial charge in [0.2, 0.25) is 11.8 Å². The van der Waals surface area contributed by atoms with E-state index in [1.165, 1.54) is 9.75 Å². The van der Waals surface area contributed by atoms with Crippen molar-refractivity contribution in [3.63, 3.8) is 0 Å². The predicted octanol–water partition coefficient (Wildman–Crippen LogP) is 9.51. The lowest BCUT2D eigenvalue weighted by Crippen LogP contribution is -1.91. The van der Waals surface area contributed by atoms with Gasteiger partial charge in [-0.2, -0.15) is 10.2 Å². The van der Waals surface area contributed by atoms with Crippen LogP contribution < -0.4 is 19.9 Å². The Hall–Kier alpha value is -3.47. The van der Waals surface area contributed by atoms with Crippen LogP contribution in [0.25, 0.3) is 22.5 Å². The number of nitrogen functional groups attached to an aromatic ring is 1. The first-order chi connectivity index (χ1) is 22.7. The van der Waals surface area contributed by atoms with Crippen LogP contribution in [0.4, 0.5) is 5.82 Å². The van der Waals surface area contributed by atoms with Crippen LogP contribution in [-0.4, -0.2) is 63.9 Å². The van der Waals surface area contributed by atoms with Crippen molar-refractivity contribution in [3.8, 4) is 39.3 Å². The number of methoxy groups -OCH3 is 3. The number of hydrogen-bond donors (Lipinski definition) is 4. The largest absolute Gasteiger partial charge is 0.487 e. The monoisotopic (exact) mass is 857 g/mol. The molecule has 0 atom stereocenters. The van der Waals surface area contributed by atoms with Crippen LogP contribution in [0.2, 0.25) is 4.34 Å². The van der Waals surface area contributed by atoms with Crippen LogP contribution >= 0.6 is 66.1 Å². The third-order valence-corrected chi connectivity index (χ3v) is 9.12. The third kappa shape index (κ3) is 13.4. The molecule has 0 bridgehead atoms. The number of aromatic amines is 2. The molecule has 16 heteroatoms. The lowest BCUT2D eigenvalue weighted by atomic mass is 10.1. The maximum absolute atomic E-state index is 7.00. The Labute approximate surface area is 317 Å². The Balaban J connectivity index is 0.000000386. The molecule has 0 saturated carbocycles. The van der Waals surface area contributed by atoms with Crippen molar-refractivity contribution in [1.29, 1.82) is 0 Å². The lowest BCUT2D eigenvalue weighted by molar-refractivity contribution is 0.399. The minimum atomic E-state index is 0. The highest BCUT2D eigenvalue weighted by atomic mass is 79.9. The number of pyridine rings is 2. The summed E-state index contributed by atoms with van der Waals surface area (Å²) in [6.45, 7) is 2.06. The third-order valence-electron chi connectivity index (χ3n) is 6.00. The molecule has 0 aliphatic rings. The van der Waals surface area contributed by atoms with E-state index >= 15 is 0 Å². The van der Waals surface area contributed by atoms with Gasteiger partial charge < -0.3 is 25.1 Å². The van der Waals surface area contributed by atoms with Gasteiger partial charge in [-0.05, 0) is 94.1 Å². The molecule has 6 aromatic rings. The number of ether oxygens (including phenoxy) is 3. The summed E-state index contributed by atoms with van der Waals surface area (Å²) in [5, 5.41) is 22.1. The number of hydrogen-bond acceptors (Lipinski definition) is 11. The molecule has 0 aromatic carbocycles. The van der Waals surface area contributed by atoms with E-state index in [0.29, 0.717) is 17.6 Å². The average Bonchev–Trinajstić information content (AvgIpc) is 3.90. The van der Waals surface area contributed by atoms with Crippen molar-refractivity contribution in [3.05, 3.63) is 89.7 Å². The first-order valence-corrected chi connectivity index (χ1v) is 17.3. The molecular weight excluding hydrogens is 818 g/mol. The van der Waals surface area contributed by atoms with Crippen LogP contribution in [0.3, 0.4) is 0 Å². The number of aliphatic hydroxyl groups excluding tert-OH is 1. The molecule has 0 amide bonds. The van der Waals surface area contributed by atoms with Crippen LogP contribution in [0.1, 0.15) is 30.3 Å². The second kappa shape index (κ2) is 22.3. The fourth-order valence-electron chi connectivity index (χ4n) is 3.92. The molecule has 6 rings (SSSR count). The minimum Gasteiger partial charge on any atom is -0.487 e. The summed E-state index contributed by atoms with van der Waals surface area (Å²) < 4.78 is 18.0. The van der Waals surface area contributed by atoms with E-state index in [4.69, 9.17) is 36.7 Å². The van der Waals surface area contributed by atoms with E-state index in [2.05, 4.69) is 75.2 Å². The quantitative estimate of drug-likeness (QED) is 0.117. The first-order valence-electron chi connectivity index (χ1n) is 13.7. The van der Waals surface area contributed by atoms with E-state index < -0.39 is 0 Å². The normalized spacial score (nSPS) is 9.65. The summed E-state index contributed by atoms with van der Waals surface area (Å²) in [4.78, 5) is 10.9. The molecule has 0 aliphatic heterocycles. The van der Waals surface area contributed by atoms with Crippen LogP contribution in [0.5, 0.6) is 16.8 Å². The van der Waals surface area contributed by atoms with Crippen LogP contribution in [0.15, 0.2) is 69.9 Å². The highest BCUT2D eigenvalue weighted by Gasteiger charge is 2.13. The lowest BCUT2D eigenvalue weighted by Gasteiger charge is -2.05. The van der Waals surface area contributed by atoms with Gasteiger partial charge in [-0.3, -0.25) is 10.2 Å². The zero-order valence-corrected chi connectivity index (χ0v) is 31.7. The molecule has 0 saturated heterocycles. The summed E-state index contributed by atoms with van der Waals surface area (Å²) in [6.07, 6.45) is 5.19. The van der Waals surface area contributed by atoms with E-state index in [1.807, 2.05) is 36.4 Å². The summed E-state index contributed by atoms with van der Waals surface area (Å²) in [5.74, 6) is 1.53. The van der Waals surface area contributed by atoms with Crippen molar-refractivity contribution in [1.82, 2.24) is 30.4 Å². The van der Waals surface area contributed by atoms with Gasteiger partial charge in [-0.15, -0.1) is 22.7 Å². The van der Waals surface area contributed by atoms with Gasteiger partial charge in [0.25, 0.3) is 0 Å². The Bertz CT molecular complexity index is 1830. The molecule has 6 aromatic heterocycles. The van der Waals surface area contributed by atoms with E-state index in [1.54, 1.807) is 62.5 Å². The number of nitrogens with one attached hydrogen (secondary N) is 2. The smallest absolute Gasteiger partial charge is 0.222 e. The van der Waals surface area contributed by atoms with Crippen LogP contribution in [-0.2, 0) is 12.8 Å². The number of H-pyrrole nitrogens is 2. The maximum atomic E-state index is 7.00. The predicted molar refractivity (Wildman–Crippen MR) is 211 cm³/mol. The average molecular weight is 860 g/mol. The molecule has 6 heterocycles. The molecular formula is C33H42Br2ClN7O4S2. The van der Waals surface area contributed by atoms with Gasteiger partial charge in [-0.25, -0.2) is 9.97 Å². The Morgan fingerprint density at radius 3 is 1.92 bits per heavy atom. The maximum Gasteiger partial charge on any atom is 0.222 e. The zero-order valence-electron chi connectivity index (χ0n) is 26.2. The van der Waals surface area contributed by atoms with Crippen molar-refractivity contribution in [2.45, 2.75) is 34.6 Å². The van der Waals surface area contributed by atoms with E-state index in [-0.39, 0.29) is 14.9 Å². The van der Waals surface area contributed by atoms with Gasteiger partial charge in [-0.1, -0.05) is 26.5 Å². The number of halogens is 3. The fraction of sp³-hybridized carbons (Fsp3) is 0.273. The highest BCUT2D eigenvalue weighted by molar-refractivity contribution is 9.10. The molecule has 11 nitrogen and oxygen atoms in total. The zero-order chi connectivity index (χ0) is 34.3. The number of aliphatic hydroxyl groups is 1. The summed E-state index contributed by atoms with van der Waals surface area (Å²) >= 11 is 16.0. The van der Waals surface area contributed by atoms with Gasteiger partial charge in [0, 0.05) is 50.0 Å². The summed E-state index contributed by atoms with van der Waals surface area (Å²) in [5.41, 5.74) is 9.88. The minimum absolute atomic E-state index is 0. The number of rotatable bonds is 8. The van der Waals surface area contributed by atoms with E-state index in [9.17, 15) is 0 Å². The Morgan fingerprint density at radius 2 is 1.43 bits per heavy atom. The molecule has 0 fully saturated rings. The summed E-state index contributed by atoms with van der Waals surface area (Å²) in [6, 6.07) is 15.6. The highest BCUT2D eigenvalue weighted by Crippen LogP contribution is 2.31. The molecule has 266 valence electrons. The molecule has 0 radical (unpaired) electrons. The van der Waals surface area contributed by atoms with Crippen LogP contribution in [0, 0.1) is 6.92 Å². The fourth-order valence-corrected chi connectivity index (χ4v) is 6.35. The van der Waals surface area contributed by atoms with Gasteiger partial charge in [0.05, 0.1) is 48.2 Å². The second-order valence-corrected chi connectivity index (χ2v) is 14.1. The number of thiophene rings is 2. The standard InChI is InChI=1S/C15H13BrClN3OS.C9H9BrN4O.C6H8OS.CH4O.2CH4/c1-21-15-12(6-9(16)8-18-15)13-7-10(19-20-13)2-3-11-4-5-14(17)22-11;1-15-9-6(2-5(10)4-12-9)7-3-8(11)14-13-7;1-5-3-4-6(7-2)8-5;1-2;;/h4-8H,2-3H2,1H3,(H,19,20);2-4H,1H3,(H3,11,13,14);3-4H,1-2H3;2H,1H3;2*1H4. The number of anilines is 1. The Kier molecular flexibility index (Phi) is 19.8. The molecule has 0 unspecified atom stereocenters. The summed E-state index contributed by atoms with van der Waals surface area (Å²) in [7, 11) is 5.86. The van der Waals surface area contributed by atoms with E-state index in [0.717, 1.165) is 66.5 Å². The number of aryl methyl sites for hydroxylation is 3. The van der Waals surface area contributed by atoms with Gasteiger partial charge in [0.15, 0.2) is 5.06 Å². The van der Waals surface area contributed by atoms with Gasteiger partial charge >= 0.3 is 0 Å². The molecule has 49 heavy (non-hydrogen) atoms. The molecule has 0 aliphatic carbocycles. The van der Waals surface area contributed by atoms with Crippen molar-refractivity contribution in [2.24, 2.45) is 0 Å². The number of aromatic nitrogens is 6. The topological polar surface area (TPSA) is 157 Å². The second-order valence-electron chi connectivity index (χ2n) is 9.18. The SMILES string of the molecule is C.C.CO.COc1ccc(C)s1.COc1ncc(Br)cc1-c1cc(CCc2ccc(Cl)s2)[nH]n1.COc1ncc(Br)cc1-c1cc(N)n[nH]1. The van der Waals surface area contributed by atoms with Gasteiger partial charge in [0.1, 0.15) is 5.82 Å². The van der Waals surface area contributed by atoms with Crippen molar-refractivity contribution >= 4 is 72.0 Å². The van der Waals surface area contributed by atoms with Crippen molar-refractivity contribution < 1.29 is 19.3 Å². The number of nitrogens with two attached hydrogens (primary N) is 1. The molecule has 5 N–H and O–H groups in total. The van der Waals surface area contributed by atoms with Crippen molar-refractivity contribution in [2.75, 3.05) is 34.2 Å². The number of nitrogens with zero attached hydrogens (tertiary/aromatic N) is 4. The Morgan fingerprint density at radius 1 is 0.796 bits per heavy atom.